The van der Waals surface area contributed by atoms with Crippen LogP contribution in [0.1, 0.15) is 39.5 Å². The van der Waals surface area contributed by atoms with Crippen molar-refractivity contribution in [3.05, 3.63) is 0 Å². The van der Waals surface area contributed by atoms with Crippen LogP contribution in [0.15, 0.2) is 0 Å². The van der Waals surface area contributed by atoms with E-state index in [9.17, 15) is 0 Å². The monoisotopic (exact) mass is 253 g/mol. The summed E-state index contributed by atoms with van der Waals surface area (Å²) in [5.41, 5.74) is 6.43. The van der Waals surface area contributed by atoms with Gasteiger partial charge in [-0.25, -0.2) is 0 Å². The predicted octanol–water partition coefficient (Wildman–Crippen LogP) is 1.77. The van der Waals surface area contributed by atoms with Crippen LogP contribution in [0.4, 0.5) is 0 Å². The van der Waals surface area contributed by atoms with Crippen molar-refractivity contribution in [1.29, 1.82) is 0 Å². The van der Waals surface area contributed by atoms with Gasteiger partial charge in [-0.2, -0.15) is 0 Å². The first-order chi connectivity index (χ1) is 8.49. The van der Waals surface area contributed by atoms with Crippen LogP contribution >= 0.6 is 0 Å². The van der Waals surface area contributed by atoms with Crippen molar-refractivity contribution < 1.29 is 0 Å². The molecule has 2 fully saturated rings. The molecule has 1 saturated carbocycles. The van der Waals surface area contributed by atoms with Crippen LogP contribution in [0, 0.1) is 11.8 Å². The van der Waals surface area contributed by atoms with E-state index in [1.807, 2.05) is 0 Å². The fourth-order valence-electron chi connectivity index (χ4n) is 4.23. The molecule has 0 aromatic carbocycles. The van der Waals surface area contributed by atoms with E-state index in [2.05, 4.69) is 37.7 Å². The predicted molar refractivity (Wildman–Crippen MR) is 77.6 cm³/mol. The van der Waals surface area contributed by atoms with Crippen LogP contribution in [0.5, 0.6) is 0 Å². The van der Waals surface area contributed by atoms with Gasteiger partial charge >= 0.3 is 0 Å². The maximum atomic E-state index is 6.43. The van der Waals surface area contributed by atoms with Crippen molar-refractivity contribution in [2.75, 3.05) is 27.2 Å². The molecule has 0 amide bonds. The summed E-state index contributed by atoms with van der Waals surface area (Å²) in [6.07, 6.45) is 5.17. The second kappa shape index (κ2) is 5.89. The molecule has 0 radical (unpaired) electrons. The summed E-state index contributed by atoms with van der Waals surface area (Å²) in [4.78, 5) is 5.06. The number of piperidine rings is 1. The first kappa shape index (κ1) is 14.3. The molecule has 2 N–H and O–H groups in total. The first-order valence-electron chi connectivity index (χ1n) is 7.65. The molecule has 2 rings (SSSR count). The molecule has 4 atom stereocenters. The SMILES string of the molecule is CC1CC(C)C(N2CCC(N(C)C)CC2)C(N)C1. The maximum Gasteiger partial charge on any atom is 0.0272 e. The summed E-state index contributed by atoms with van der Waals surface area (Å²) in [7, 11) is 4.41. The maximum absolute atomic E-state index is 6.43. The van der Waals surface area contributed by atoms with Gasteiger partial charge in [-0.15, -0.1) is 0 Å². The number of hydrogen-bond acceptors (Lipinski definition) is 3. The first-order valence-corrected chi connectivity index (χ1v) is 7.65. The van der Waals surface area contributed by atoms with Gasteiger partial charge in [0.05, 0.1) is 0 Å². The molecule has 0 aromatic rings. The Morgan fingerprint density at radius 2 is 1.67 bits per heavy atom. The Labute approximate surface area is 113 Å². The fourth-order valence-corrected chi connectivity index (χ4v) is 4.23. The third-order valence-electron chi connectivity index (χ3n) is 5.12. The topological polar surface area (TPSA) is 32.5 Å². The molecule has 2 aliphatic rings. The lowest BCUT2D eigenvalue weighted by Crippen LogP contribution is -2.57. The molecule has 1 aliphatic carbocycles. The Morgan fingerprint density at radius 3 is 2.17 bits per heavy atom. The Balaban J connectivity index is 1.92. The summed E-state index contributed by atoms with van der Waals surface area (Å²) in [6.45, 7) is 7.23. The lowest BCUT2D eigenvalue weighted by atomic mass is 9.75. The summed E-state index contributed by atoms with van der Waals surface area (Å²) in [5, 5.41) is 0. The molecule has 1 saturated heterocycles. The molecule has 0 aromatic heterocycles. The van der Waals surface area contributed by atoms with Gasteiger partial charge < -0.3 is 10.6 Å². The summed E-state index contributed by atoms with van der Waals surface area (Å²) in [6, 6.07) is 1.79. The Bertz CT molecular complexity index is 246. The Morgan fingerprint density at radius 1 is 1.06 bits per heavy atom. The summed E-state index contributed by atoms with van der Waals surface area (Å²) >= 11 is 0. The van der Waals surface area contributed by atoms with Gasteiger partial charge in [-0.1, -0.05) is 13.8 Å². The number of nitrogens with two attached hydrogens (primary N) is 1. The molecule has 4 unspecified atom stereocenters. The van der Waals surface area contributed by atoms with Crippen molar-refractivity contribution >= 4 is 0 Å². The van der Waals surface area contributed by atoms with E-state index in [1.165, 1.54) is 38.8 Å². The van der Waals surface area contributed by atoms with E-state index in [0.29, 0.717) is 12.1 Å². The van der Waals surface area contributed by atoms with Gasteiger partial charge in [-0.05, 0) is 64.7 Å². The van der Waals surface area contributed by atoms with E-state index in [0.717, 1.165) is 17.9 Å². The van der Waals surface area contributed by atoms with Crippen LogP contribution in [-0.4, -0.2) is 55.1 Å². The fraction of sp³-hybridized carbons (Fsp3) is 1.00. The molecule has 18 heavy (non-hydrogen) atoms. The highest BCUT2D eigenvalue weighted by Gasteiger charge is 2.37. The zero-order valence-corrected chi connectivity index (χ0v) is 12.6. The molecule has 1 aliphatic heterocycles. The minimum Gasteiger partial charge on any atom is -0.326 e. The van der Waals surface area contributed by atoms with Gasteiger partial charge in [0.2, 0.25) is 0 Å². The molecule has 3 nitrogen and oxygen atoms in total. The second-order valence-electron chi connectivity index (χ2n) is 6.94. The number of rotatable bonds is 2. The van der Waals surface area contributed by atoms with Crippen molar-refractivity contribution in [3.8, 4) is 0 Å². The zero-order chi connectivity index (χ0) is 13.3. The van der Waals surface area contributed by atoms with Gasteiger partial charge in [0, 0.05) is 18.1 Å². The van der Waals surface area contributed by atoms with Crippen LogP contribution in [-0.2, 0) is 0 Å². The quantitative estimate of drug-likeness (QED) is 0.814. The van der Waals surface area contributed by atoms with E-state index >= 15 is 0 Å². The summed E-state index contributed by atoms with van der Waals surface area (Å²) < 4.78 is 0. The average Bonchev–Trinajstić information content (AvgIpc) is 2.28. The highest BCUT2D eigenvalue weighted by Crippen LogP contribution is 2.33. The van der Waals surface area contributed by atoms with Crippen LogP contribution in [0.25, 0.3) is 0 Å². The number of nitrogens with zero attached hydrogens (tertiary/aromatic N) is 2. The molecule has 3 heteroatoms. The standard InChI is InChI=1S/C15H31N3/c1-11-9-12(2)15(14(16)10-11)18-7-5-13(6-8-18)17(3)4/h11-15H,5-10,16H2,1-4H3. The van der Waals surface area contributed by atoms with Gasteiger partial charge in [0.1, 0.15) is 0 Å². The van der Waals surface area contributed by atoms with Crippen LogP contribution in [0.2, 0.25) is 0 Å². The molecule has 0 spiro atoms. The smallest absolute Gasteiger partial charge is 0.0272 e. The molecule has 106 valence electrons. The van der Waals surface area contributed by atoms with E-state index in [-0.39, 0.29) is 0 Å². The molecular formula is C15H31N3. The largest absolute Gasteiger partial charge is 0.326 e. The number of likely N-dealkylation sites (tertiary alicyclic amines) is 1. The van der Waals surface area contributed by atoms with Crippen molar-refractivity contribution in [3.63, 3.8) is 0 Å². The highest BCUT2D eigenvalue weighted by atomic mass is 15.2. The molecular weight excluding hydrogens is 222 g/mol. The van der Waals surface area contributed by atoms with E-state index in [4.69, 9.17) is 5.73 Å². The van der Waals surface area contributed by atoms with Crippen LogP contribution in [0.3, 0.4) is 0 Å². The van der Waals surface area contributed by atoms with Gasteiger partial charge in [0.15, 0.2) is 0 Å². The normalized spacial score (nSPS) is 40.3. The lowest BCUT2D eigenvalue weighted by Gasteiger charge is -2.47. The minimum absolute atomic E-state index is 0.389. The van der Waals surface area contributed by atoms with Gasteiger partial charge in [0.25, 0.3) is 0 Å². The third kappa shape index (κ3) is 3.06. The second-order valence-corrected chi connectivity index (χ2v) is 6.94. The highest BCUT2D eigenvalue weighted by molar-refractivity contribution is 4.94. The summed E-state index contributed by atoms with van der Waals surface area (Å²) in [5.74, 6) is 1.57. The molecule has 0 bridgehead atoms. The number of hydrogen-bond donors (Lipinski definition) is 1. The zero-order valence-electron chi connectivity index (χ0n) is 12.6. The lowest BCUT2D eigenvalue weighted by molar-refractivity contribution is 0.0402. The van der Waals surface area contributed by atoms with Gasteiger partial charge in [-0.3, -0.25) is 4.90 Å². The third-order valence-corrected chi connectivity index (χ3v) is 5.12. The Kier molecular flexibility index (Phi) is 4.68. The molecule has 1 heterocycles. The van der Waals surface area contributed by atoms with E-state index < -0.39 is 0 Å². The van der Waals surface area contributed by atoms with Crippen LogP contribution < -0.4 is 5.73 Å². The average molecular weight is 253 g/mol. The van der Waals surface area contributed by atoms with E-state index in [1.54, 1.807) is 0 Å². The Hall–Kier alpha value is -0.120. The van der Waals surface area contributed by atoms with Crippen molar-refractivity contribution in [1.82, 2.24) is 9.80 Å². The minimum atomic E-state index is 0.389. The van der Waals surface area contributed by atoms with Crippen molar-refractivity contribution in [2.45, 2.75) is 57.7 Å². The van der Waals surface area contributed by atoms with Crippen molar-refractivity contribution in [2.24, 2.45) is 17.6 Å².